The van der Waals surface area contributed by atoms with Crippen molar-refractivity contribution in [1.82, 2.24) is 20.7 Å². The van der Waals surface area contributed by atoms with Crippen LogP contribution in [0.5, 0.6) is 5.75 Å². The van der Waals surface area contributed by atoms with Gasteiger partial charge in [-0.1, -0.05) is 12.1 Å². The van der Waals surface area contributed by atoms with Gasteiger partial charge in [-0.25, -0.2) is 9.97 Å². The van der Waals surface area contributed by atoms with Crippen molar-refractivity contribution in [3.05, 3.63) is 36.2 Å². The number of carbonyl (C=O) groups excluding carboxylic acids is 1. The zero-order chi connectivity index (χ0) is 21.9. The summed E-state index contributed by atoms with van der Waals surface area (Å²) in [6.07, 6.45) is 3.26. The maximum Gasteiger partial charge on any atom is 0.273 e. The lowest BCUT2D eigenvalue weighted by atomic mass is 9.79. The summed E-state index contributed by atoms with van der Waals surface area (Å²) in [6, 6.07) is 7.15. The SMILES string of the molecule is COc1ccccc1C(=O)NNc1ncnc(NC2CC(C)(C)NC(C)(C)C2)c1N. The normalized spacial score (nSPS) is 17.8. The van der Waals surface area contributed by atoms with Gasteiger partial charge in [0.2, 0.25) is 0 Å². The van der Waals surface area contributed by atoms with Crippen LogP contribution in [0.4, 0.5) is 17.3 Å². The molecule has 0 radical (unpaired) electrons. The second-order valence-corrected chi connectivity index (χ2v) is 8.91. The number of nitrogens with zero attached hydrogens (tertiary/aromatic N) is 2. The van der Waals surface area contributed by atoms with Crippen LogP contribution in [0.15, 0.2) is 30.6 Å². The second-order valence-electron chi connectivity index (χ2n) is 8.91. The molecule has 0 saturated carbocycles. The van der Waals surface area contributed by atoms with Gasteiger partial charge in [-0.2, -0.15) is 0 Å². The topological polar surface area (TPSA) is 126 Å². The van der Waals surface area contributed by atoms with Crippen molar-refractivity contribution in [1.29, 1.82) is 0 Å². The van der Waals surface area contributed by atoms with Gasteiger partial charge in [-0.15, -0.1) is 0 Å². The predicted octanol–water partition coefficient (Wildman–Crippen LogP) is 2.55. The molecule has 9 nitrogen and oxygen atoms in total. The molecule has 30 heavy (non-hydrogen) atoms. The zero-order valence-electron chi connectivity index (χ0n) is 18.2. The third-order valence-electron chi connectivity index (χ3n) is 5.06. The molecule has 6 N–H and O–H groups in total. The van der Waals surface area contributed by atoms with Gasteiger partial charge in [0.05, 0.1) is 12.7 Å². The summed E-state index contributed by atoms with van der Waals surface area (Å²) in [5.74, 6) is 0.980. The number of hydrogen-bond acceptors (Lipinski definition) is 8. The van der Waals surface area contributed by atoms with Crippen molar-refractivity contribution in [3.63, 3.8) is 0 Å². The predicted molar refractivity (Wildman–Crippen MR) is 118 cm³/mol. The molecule has 1 fully saturated rings. The van der Waals surface area contributed by atoms with Gasteiger partial charge in [-0.3, -0.25) is 15.6 Å². The highest BCUT2D eigenvalue weighted by atomic mass is 16.5. The minimum atomic E-state index is -0.359. The van der Waals surface area contributed by atoms with Crippen LogP contribution in [0.25, 0.3) is 0 Å². The van der Waals surface area contributed by atoms with E-state index in [9.17, 15) is 4.79 Å². The smallest absolute Gasteiger partial charge is 0.273 e. The Morgan fingerprint density at radius 3 is 2.43 bits per heavy atom. The number of hydrazine groups is 1. The first kappa shape index (κ1) is 21.6. The highest BCUT2D eigenvalue weighted by Crippen LogP contribution is 2.32. The average Bonchev–Trinajstić information content (AvgIpc) is 2.66. The number of anilines is 3. The zero-order valence-corrected chi connectivity index (χ0v) is 18.2. The number of rotatable bonds is 6. The number of nitrogen functional groups attached to an aromatic ring is 1. The molecule has 1 saturated heterocycles. The average molecular weight is 414 g/mol. The summed E-state index contributed by atoms with van der Waals surface area (Å²) in [5, 5.41) is 7.11. The Hall–Kier alpha value is -3.07. The lowest BCUT2D eigenvalue weighted by Gasteiger charge is -2.46. The third-order valence-corrected chi connectivity index (χ3v) is 5.06. The van der Waals surface area contributed by atoms with Crippen molar-refractivity contribution >= 4 is 23.2 Å². The molecule has 1 aromatic carbocycles. The van der Waals surface area contributed by atoms with Crippen molar-refractivity contribution in [2.24, 2.45) is 0 Å². The fourth-order valence-corrected chi connectivity index (χ4v) is 4.24. The molecule has 1 amide bonds. The number of hydrogen-bond donors (Lipinski definition) is 5. The molecule has 0 spiro atoms. The van der Waals surface area contributed by atoms with E-state index in [1.807, 2.05) is 0 Å². The molecule has 1 aromatic heterocycles. The molecule has 0 aliphatic carbocycles. The molecule has 0 atom stereocenters. The standard InChI is InChI=1S/C21H31N7O2/c1-20(2)10-13(11-21(3,4)28-20)25-17-16(22)18(24-12-23-17)26-27-19(29)14-8-6-7-9-15(14)30-5/h6-9,12-13,28H,10-11,22H2,1-5H3,(H,27,29)(H2,23,24,25,26). The van der Waals surface area contributed by atoms with E-state index in [4.69, 9.17) is 10.5 Å². The number of methoxy groups -OCH3 is 1. The van der Waals surface area contributed by atoms with Gasteiger partial charge in [0.15, 0.2) is 11.6 Å². The van der Waals surface area contributed by atoms with E-state index in [1.54, 1.807) is 24.3 Å². The lowest BCUT2D eigenvalue weighted by Crippen LogP contribution is -2.60. The fourth-order valence-electron chi connectivity index (χ4n) is 4.24. The minimum absolute atomic E-state index is 0.00893. The highest BCUT2D eigenvalue weighted by Gasteiger charge is 2.38. The van der Waals surface area contributed by atoms with E-state index in [1.165, 1.54) is 13.4 Å². The van der Waals surface area contributed by atoms with Crippen molar-refractivity contribution < 1.29 is 9.53 Å². The van der Waals surface area contributed by atoms with Crippen molar-refractivity contribution in [2.45, 2.75) is 57.7 Å². The van der Waals surface area contributed by atoms with Gasteiger partial charge in [0, 0.05) is 17.1 Å². The Morgan fingerprint density at radius 2 is 1.77 bits per heavy atom. The number of nitrogens with two attached hydrogens (primary N) is 1. The number of ether oxygens (including phenoxy) is 1. The van der Waals surface area contributed by atoms with E-state index in [0.29, 0.717) is 28.6 Å². The fraction of sp³-hybridized carbons (Fsp3) is 0.476. The molecule has 1 aliphatic rings. The molecule has 2 aromatic rings. The minimum Gasteiger partial charge on any atom is -0.496 e. The van der Waals surface area contributed by atoms with Crippen LogP contribution in [0, 0.1) is 0 Å². The number of carbonyl (C=O) groups is 1. The largest absolute Gasteiger partial charge is 0.496 e. The Bertz CT molecular complexity index is 898. The summed E-state index contributed by atoms with van der Waals surface area (Å²) < 4.78 is 5.23. The Kier molecular flexibility index (Phi) is 6.02. The van der Waals surface area contributed by atoms with E-state index in [2.05, 4.69) is 59.1 Å². The summed E-state index contributed by atoms with van der Waals surface area (Å²) >= 11 is 0. The van der Waals surface area contributed by atoms with Crippen LogP contribution < -0.4 is 32.0 Å². The van der Waals surface area contributed by atoms with Gasteiger partial charge in [0.25, 0.3) is 5.91 Å². The Morgan fingerprint density at radius 1 is 1.13 bits per heavy atom. The molecule has 9 heteroatoms. The Balaban J connectivity index is 1.70. The van der Waals surface area contributed by atoms with E-state index in [0.717, 1.165) is 12.8 Å². The van der Waals surface area contributed by atoms with E-state index in [-0.39, 0.29) is 23.0 Å². The molecular formula is C21H31N7O2. The van der Waals surface area contributed by atoms with Crippen LogP contribution in [0.2, 0.25) is 0 Å². The molecule has 0 bridgehead atoms. The van der Waals surface area contributed by atoms with Crippen LogP contribution in [0.1, 0.15) is 50.9 Å². The molecular weight excluding hydrogens is 382 g/mol. The summed E-state index contributed by atoms with van der Waals surface area (Å²) in [5.41, 5.74) is 12.4. The first-order chi connectivity index (χ1) is 14.1. The van der Waals surface area contributed by atoms with Gasteiger partial charge in [-0.05, 0) is 52.7 Å². The number of para-hydroxylation sites is 1. The number of amides is 1. The summed E-state index contributed by atoms with van der Waals surface area (Å²) in [4.78, 5) is 20.9. The number of piperidine rings is 1. The maximum absolute atomic E-state index is 12.5. The molecule has 2 heterocycles. The summed E-state index contributed by atoms with van der Waals surface area (Å²) in [6.45, 7) is 8.75. The quantitative estimate of drug-likeness (QED) is 0.457. The first-order valence-electron chi connectivity index (χ1n) is 9.96. The summed E-state index contributed by atoms with van der Waals surface area (Å²) in [7, 11) is 1.52. The monoisotopic (exact) mass is 413 g/mol. The van der Waals surface area contributed by atoms with Crippen LogP contribution in [-0.2, 0) is 0 Å². The maximum atomic E-state index is 12.5. The number of benzene rings is 1. The van der Waals surface area contributed by atoms with Crippen LogP contribution in [0.3, 0.4) is 0 Å². The molecule has 162 valence electrons. The number of aromatic nitrogens is 2. The Labute approximate surface area is 177 Å². The van der Waals surface area contributed by atoms with Crippen molar-refractivity contribution in [2.75, 3.05) is 23.6 Å². The first-order valence-corrected chi connectivity index (χ1v) is 9.96. The van der Waals surface area contributed by atoms with E-state index >= 15 is 0 Å². The highest BCUT2D eigenvalue weighted by molar-refractivity contribution is 5.97. The van der Waals surface area contributed by atoms with Crippen LogP contribution in [-0.4, -0.2) is 40.1 Å². The molecule has 3 rings (SSSR count). The second kappa shape index (κ2) is 8.35. The molecule has 1 aliphatic heterocycles. The van der Waals surface area contributed by atoms with Crippen LogP contribution >= 0.6 is 0 Å². The van der Waals surface area contributed by atoms with Gasteiger partial charge in [0.1, 0.15) is 17.8 Å². The third kappa shape index (κ3) is 5.10. The molecule has 0 unspecified atom stereocenters. The lowest BCUT2D eigenvalue weighted by molar-refractivity contribution is 0.0959. The van der Waals surface area contributed by atoms with Gasteiger partial charge >= 0.3 is 0 Å². The van der Waals surface area contributed by atoms with Crippen molar-refractivity contribution in [3.8, 4) is 5.75 Å². The number of nitrogens with one attached hydrogen (secondary N) is 4. The van der Waals surface area contributed by atoms with Gasteiger partial charge < -0.3 is 21.1 Å². The van der Waals surface area contributed by atoms with E-state index < -0.39 is 0 Å².